The summed E-state index contributed by atoms with van der Waals surface area (Å²) in [6.45, 7) is 6.62. The van der Waals surface area contributed by atoms with Crippen molar-refractivity contribution in [3.05, 3.63) is 41.1 Å². The van der Waals surface area contributed by atoms with E-state index in [1.807, 2.05) is 45.2 Å². The van der Waals surface area contributed by atoms with Crippen LogP contribution in [0.2, 0.25) is 0 Å². The van der Waals surface area contributed by atoms with Crippen LogP contribution in [0.5, 0.6) is 0 Å². The van der Waals surface area contributed by atoms with Gasteiger partial charge in [-0.2, -0.15) is 5.10 Å². The van der Waals surface area contributed by atoms with Crippen LogP contribution in [0.25, 0.3) is 22.3 Å². The van der Waals surface area contributed by atoms with Crippen LogP contribution >= 0.6 is 0 Å². The SMILES string of the molecule is CC(C)(C)OC(=O)N1CCC(NC(=O)c2ccc3[nH]c4c(c3c2)C2(CCC2)Cc2cn[nH]c2-4)C1. The molecule has 2 aromatic heterocycles. The first-order chi connectivity index (χ1) is 16.2. The van der Waals surface area contributed by atoms with Crippen LogP contribution in [0.3, 0.4) is 0 Å². The minimum atomic E-state index is -0.529. The van der Waals surface area contributed by atoms with Gasteiger partial charge in [-0.25, -0.2) is 4.79 Å². The lowest BCUT2D eigenvalue weighted by Crippen LogP contribution is -2.40. The summed E-state index contributed by atoms with van der Waals surface area (Å²) in [4.78, 5) is 30.8. The van der Waals surface area contributed by atoms with E-state index in [0.29, 0.717) is 18.7 Å². The number of likely N-dealkylation sites (tertiary alicyclic amines) is 1. The van der Waals surface area contributed by atoms with Gasteiger partial charge in [0.2, 0.25) is 0 Å². The molecule has 8 nitrogen and oxygen atoms in total. The molecule has 2 amide bonds. The van der Waals surface area contributed by atoms with Gasteiger partial charge in [0.15, 0.2) is 0 Å². The number of nitrogens with zero attached hydrogens (tertiary/aromatic N) is 2. The van der Waals surface area contributed by atoms with Gasteiger partial charge < -0.3 is 19.9 Å². The Hall–Kier alpha value is -3.29. The Morgan fingerprint density at radius 3 is 2.79 bits per heavy atom. The lowest BCUT2D eigenvalue weighted by molar-refractivity contribution is 0.0290. The number of aromatic amines is 2. The van der Waals surface area contributed by atoms with Gasteiger partial charge in [-0.05, 0) is 70.2 Å². The molecule has 0 radical (unpaired) electrons. The number of amides is 2. The molecular formula is C26H31N5O3. The highest BCUT2D eigenvalue weighted by molar-refractivity contribution is 6.01. The third-order valence-electron chi connectivity index (χ3n) is 7.57. The van der Waals surface area contributed by atoms with E-state index < -0.39 is 5.60 Å². The van der Waals surface area contributed by atoms with E-state index >= 15 is 0 Å². The molecule has 1 aliphatic heterocycles. The second kappa shape index (κ2) is 7.35. The number of carbonyl (C=O) groups excluding carboxylic acids is 2. The van der Waals surface area contributed by atoms with Crippen LogP contribution in [0.15, 0.2) is 24.4 Å². The molecule has 1 aromatic carbocycles. The molecule has 2 aliphatic carbocycles. The fraction of sp³-hybridized carbons (Fsp3) is 0.500. The molecule has 6 rings (SSSR count). The van der Waals surface area contributed by atoms with Gasteiger partial charge in [0.25, 0.3) is 5.91 Å². The molecule has 3 N–H and O–H groups in total. The largest absolute Gasteiger partial charge is 0.444 e. The summed E-state index contributed by atoms with van der Waals surface area (Å²) < 4.78 is 5.47. The summed E-state index contributed by atoms with van der Waals surface area (Å²) in [7, 11) is 0. The first-order valence-electron chi connectivity index (χ1n) is 12.2. The summed E-state index contributed by atoms with van der Waals surface area (Å²) in [5.74, 6) is -0.103. The monoisotopic (exact) mass is 461 g/mol. The number of H-pyrrole nitrogens is 2. The number of benzene rings is 1. The van der Waals surface area contributed by atoms with Gasteiger partial charge in [-0.3, -0.25) is 9.89 Å². The molecule has 2 fully saturated rings. The average molecular weight is 462 g/mol. The Labute approximate surface area is 198 Å². The summed E-state index contributed by atoms with van der Waals surface area (Å²) >= 11 is 0. The lowest BCUT2D eigenvalue weighted by Gasteiger charge is -2.45. The Morgan fingerprint density at radius 1 is 1.24 bits per heavy atom. The smallest absolute Gasteiger partial charge is 0.410 e. The highest BCUT2D eigenvalue weighted by Gasteiger charge is 2.46. The number of carbonyl (C=O) groups is 2. The summed E-state index contributed by atoms with van der Waals surface area (Å²) in [6.07, 6.45) is 6.90. The summed E-state index contributed by atoms with van der Waals surface area (Å²) in [5.41, 5.74) is 6.10. The molecule has 34 heavy (non-hydrogen) atoms. The zero-order valence-corrected chi connectivity index (χ0v) is 20.0. The Balaban J connectivity index is 1.24. The first kappa shape index (κ1) is 21.3. The lowest BCUT2D eigenvalue weighted by atomic mass is 9.58. The number of hydrogen-bond acceptors (Lipinski definition) is 4. The van der Waals surface area contributed by atoms with E-state index in [9.17, 15) is 9.59 Å². The van der Waals surface area contributed by atoms with Crippen molar-refractivity contribution in [3.8, 4) is 11.4 Å². The molecule has 1 saturated heterocycles. The number of hydrogen-bond donors (Lipinski definition) is 3. The van der Waals surface area contributed by atoms with E-state index in [1.54, 1.807) is 4.90 Å². The summed E-state index contributed by atoms with van der Waals surface area (Å²) in [5, 5.41) is 11.7. The predicted molar refractivity (Wildman–Crippen MR) is 129 cm³/mol. The van der Waals surface area contributed by atoms with Crippen LogP contribution in [-0.4, -0.2) is 56.8 Å². The molecular weight excluding hydrogens is 430 g/mol. The van der Waals surface area contributed by atoms with Gasteiger partial charge in [0.05, 0.1) is 17.6 Å². The van der Waals surface area contributed by atoms with Crippen molar-refractivity contribution in [2.45, 2.75) is 69.9 Å². The predicted octanol–water partition coefficient (Wildman–Crippen LogP) is 4.28. The summed E-state index contributed by atoms with van der Waals surface area (Å²) in [6, 6.07) is 5.83. The molecule has 8 heteroatoms. The fourth-order valence-electron chi connectivity index (χ4n) is 5.86. The topological polar surface area (TPSA) is 103 Å². The number of ether oxygens (including phenoxy) is 1. The van der Waals surface area contributed by atoms with Gasteiger partial charge in [0.1, 0.15) is 5.60 Å². The van der Waals surface area contributed by atoms with Crippen LogP contribution in [-0.2, 0) is 16.6 Å². The van der Waals surface area contributed by atoms with Gasteiger partial charge in [-0.1, -0.05) is 6.42 Å². The zero-order valence-electron chi connectivity index (χ0n) is 20.0. The second-order valence-electron chi connectivity index (χ2n) is 11.1. The molecule has 0 bridgehead atoms. The molecule has 3 heterocycles. The minimum Gasteiger partial charge on any atom is -0.444 e. The van der Waals surface area contributed by atoms with E-state index in [-0.39, 0.29) is 23.5 Å². The van der Waals surface area contributed by atoms with E-state index in [2.05, 4.69) is 20.5 Å². The quantitative estimate of drug-likeness (QED) is 0.530. The molecule has 178 valence electrons. The maximum Gasteiger partial charge on any atom is 0.410 e. The van der Waals surface area contributed by atoms with E-state index in [0.717, 1.165) is 48.0 Å². The molecule has 3 aromatic rings. The van der Waals surface area contributed by atoms with E-state index in [1.165, 1.54) is 17.5 Å². The average Bonchev–Trinajstić information content (AvgIpc) is 3.47. The Kier molecular flexibility index (Phi) is 4.60. The number of rotatable bonds is 2. The van der Waals surface area contributed by atoms with Gasteiger partial charge >= 0.3 is 6.09 Å². The number of fused-ring (bicyclic) bond motifs is 6. The fourth-order valence-corrected chi connectivity index (χ4v) is 5.86. The van der Waals surface area contributed by atoms with Crippen molar-refractivity contribution in [1.82, 2.24) is 25.4 Å². The van der Waals surface area contributed by atoms with Crippen molar-refractivity contribution in [3.63, 3.8) is 0 Å². The Morgan fingerprint density at radius 2 is 2.06 bits per heavy atom. The van der Waals surface area contributed by atoms with Crippen LogP contribution in [0.1, 0.15) is 67.9 Å². The Bertz CT molecular complexity index is 1290. The molecule has 1 saturated carbocycles. The first-order valence-corrected chi connectivity index (χ1v) is 12.2. The highest BCUT2D eigenvalue weighted by Crippen LogP contribution is 2.55. The van der Waals surface area contributed by atoms with Gasteiger partial charge in [0, 0.05) is 46.6 Å². The van der Waals surface area contributed by atoms with E-state index in [4.69, 9.17) is 4.74 Å². The van der Waals surface area contributed by atoms with Crippen molar-refractivity contribution < 1.29 is 14.3 Å². The van der Waals surface area contributed by atoms with Crippen LogP contribution in [0, 0.1) is 0 Å². The standard InChI is InChI=1S/C26H31N5O3/c1-25(2,3)34-24(33)31-10-7-17(14-31)28-23(32)15-5-6-19-18(11-15)20-22(29-19)21-16(13-27-30-21)12-26(20)8-4-9-26/h5-6,11,13,17,29H,4,7-10,12,14H2,1-3H3,(H,27,30)(H,28,32). The maximum atomic E-state index is 13.2. The van der Waals surface area contributed by atoms with Crippen molar-refractivity contribution in [1.29, 1.82) is 0 Å². The molecule has 1 spiro atoms. The number of aromatic nitrogens is 3. The minimum absolute atomic E-state index is 0.0821. The molecule has 3 aliphatic rings. The van der Waals surface area contributed by atoms with Gasteiger partial charge in [-0.15, -0.1) is 0 Å². The maximum absolute atomic E-state index is 13.2. The van der Waals surface area contributed by atoms with Crippen LogP contribution in [0.4, 0.5) is 4.79 Å². The third kappa shape index (κ3) is 3.38. The third-order valence-corrected chi connectivity index (χ3v) is 7.57. The van der Waals surface area contributed by atoms with Crippen LogP contribution < -0.4 is 5.32 Å². The highest BCUT2D eigenvalue weighted by atomic mass is 16.6. The zero-order chi connectivity index (χ0) is 23.7. The van der Waals surface area contributed by atoms with Crippen molar-refractivity contribution in [2.75, 3.05) is 13.1 Å². The van der Waals surface area contributed by atoms with Crippen molar-refractivity contribution in [2.24, 2.45) is 0 Å². The molecule has 1 unspecified atom stereocenters. The normalized spacial score (nSPS) is 20.7. The second-order valence-corrected chi connectivity index (χ2v) is 11.1. The number of nitrogens with one attached hydrogen (secondary N) is 3. The van der Waals surface area contributed by atoms with Crippen molar-refractivity contribution >= 4 is 22.9 Å². The molecule has 1 atom stereocenters.